The normalized spacial score (nSPS) is 10.9. The molecule has 3 aromatic heterocycles. The lowest BCUT2D eigenvalue weighted by Crippen LogP contribution is -1.93. The Balaban J connectivity index is 2.28. The molecule has 0 aliphatic heterocycles. The Labute approximate surface area is 107 Å². The third-order valence-corrected chi connectivity index (χ3v) is 3.19. The lowest BCUT2D eigenvalue weighted by Gasteiger charge is -2.05. The molecule has 3 aromatic rings. The van der Waals surface area contributed by atoms with Gasteiger partial charge in [0.1, 0.15) is 0 Å². The first-order chi connectivity index (χ1) is 8.90. The standard InChI is InChI=1S/C16H16N2/c1-2-7-13-12-14-8-4-6-11-18(14)16(13)15-9-3-5-10-17-15/h3-6,8-12H,2,7H2,1H3. The number of nitrogens with zero attached hydrogens (tertiary/aromatic N) is 2. The third kappa shape index (κ3) is 1.80. The smallest absolute Gasteiger partial charge is 0.0872 e. The van der Waals surface area contributed by atoms with Gasteiger partial charge in [-0.1, -0.05) is 25.5 Å². The molecule has 0 aliphatic carbocycles. The Morgan fingerprint density at radius 1 is 1.11 bits per heavy atom. The van der Waals surface area contributed by atoms with Crippen LogP contribution in [0.1, 0.15) is 18.9 Å². The Morgan fingerprint density at radius 2 is 2.00 bits per heavy atom. The van der Waals surface area contributed by atoms with Crippen LogP contribution in [0.5, 0.6) is 0 Å². The first-order valence-corrected chi connectivity index (χ1v) is 6.40. The van der Waals surface area contributed by atoms with Crippen molar-refractivity contribution >= 4 is 5.52 Å². The van der Waals surface area contributed by atoms with Crippen molar-refractivity contribution in [1.82, 2.24) is 9.38 Å². The zero-order chi connectivity index (χ0) is 12.4. The fourth-order valence-corrected chi connectivity index (χ4v) is 2.43. The van der Waals surface area contributed by atoms with E-state index in [1.807, 2.05) is 18.3 Å². The van der Waals surface area contributed by atoms with E-state index in [0.29, 0.717) is 0 Å². The molecule has 0 radical (unpaired) electrons. The number of rotatable bonds is 3. The van der Waals surface area contributed by atoms with Crippen LogP contribution in [0, 0.1) is 0 Å². The highest BCUT2D eigenvalue weighted by atomic mass is 14.9. The fraction of sp³-hybridized carbons (Fsp3) is 0.188. The molecular weight excluding hydrogens is 220 g/mol. The molecule has 0 bridgehead atoms. The molecule has 0 saturated carbocycles. The van der Waals surface area contributed by atoms with E-state index < -0.39 is 0 Å². The minimum atomic E-state index is 1.05. The summed E-state index contributed by atoms with van der Waals surface area (Å²) in [5, 5.41) is 0. The van der Waals surface area contributed by atoms with Gasteiger partial charge in [-0.25, -0.2) is 0 Å². The molecule has 2 nitrogen and oxygen atoms in total. The molecule has 3 heterocycles. The van der Waals surface area contributed by atoms with Crippen molar-refractivity contribution in [1.29, 1.82) is 0 Å². The summed E-state index contributed by atoms with van der Waals surface area (Å²) in [6.07, 6.45) is 6.20. The van der Waals surface area contributed by atoms with Crippen molar-refractivity contribution in [3.63, 3.8) is 0 Å². The molecule has 2 heteroatoms. The number of hydrogen-bond acceptors (Lipinski definition) is 1. The second-order valence-corrected chi connectivity index (χ2v) is 4.48. The second kappa shape index (κ2) is 4.65. The molecule has 0 spiro atoms. The van der Waals surface area contributed by atoms with Crippen LogP contribution in [-0.4, -0.2) is 9.38 Å². The van der Waals surface area contributed by atoms with E-state index in [1.165, 1.54) is 16.8 Å². The summed E-state index contributed by atoms with van der Waals surface area (Å²) in [5.74, 6) is 0. The molecule has 0 atom stereocenters. The highest BCUT2D eigenvalue weighted by molar-refractivity contribution is 5.69. The Hall–Kier alpha value is -2.09. The minimum absolute atomic E-state index is 1.05. The van der Waals surface area contributed by atoms with Gasteiger partial charge in [-0.3, -0.25) is 4.98 Å². The van der Waals surface area contributed by atoms with Crippen molar-refractivity contribution < 1.29 is 0 Å². The second-order valence-electron chi connectivity index (χ2n) is 4.48. The Morgan fingerprint density at radius 3 is 2.78 bits per heavy atom. The van der Waals surface area contributed by atoms with Crippen LogP contribution in [0.15, 0.2) is 54.9 Å². The van der Waals surface area contributed by atoms with Crippen molar-refractivity contribution in [3.05, 3.63) is 60.4 Å². The number of pyridine rings is 2. The quantitative estimate of drug-likeness (QED) is 0.673. The van der Waals surface area contributed by atoms with Crippen LogP contribution in [0.3, 0.4) is 0 Å². The molecule has 0 fully saturated rings. The van der Waals surface area contributed by atoms with Gasteiger partial charge in [-0.2, -0.15) is 0 Å². The first kappa shape index (κ1) is 11.0. The number of aryl methyl sites for hydroxylation is 1. The summed E-state index contributed by atoms with van der Waals surface area (Å²) in [7, 11) is 0. The van der Waals surface area contributed by atoms with E-state index in [1.54, 1.807) is 0 Å². The zero-order valence-corrected chi connectivity index (χ0v) is 10.5. The van der Waals surface area contributed by atoms with Gasteiger partial charge in [0, 0.05) is 17.9 Å². The summed E-state index contributed by atoms with van der Waals surface area (Å²) < 4.78 is 2.23. The molecule has 0 aromatic carbocycles. The van der Waals surface area contributed by atoms with Gasteiger partial charge in [0.25, 0.3) is 0 Å². The Bertz CT molecular complexity index is 653. The highest BCUT2D eigenvalue weighted by Crippen LogP contribution is 2.26. The zero-order valence-electron chi connectivity index (χ0n) is 10.5. The molecule has 18 heavy (non-hydrogen) atoms. The SMILES string of the molecule is CCCc1cc2ccccn2c1-c1ccccn1. The van der Waals surface area contributed by atoms with Crippen molar-refractivity contribution in [2.24, 2.45) is 0 Å². The van der Waals surface area contributed by atoms with E-state index in [9.17, 15) is 0 Å². The van der Waals surface area contributed by atoms with E-state index in [-0.39, 0.29) is 0 Å². The first-order valence-electron chi connectivity index (χ1n) is 6.40. The van der Waals surface area contributed by atoms with Crippen molar-refractivity contribution in [3.8, 4) is 11.4 Å². The van der Waals surface area contributed by atoms with Gasteiger partial charge in [0.15, 0.2) is 0 Å². The van der Waals surface area contributed by atoms with E-state index >= 15 is 0 Å². The van der Waals surface area contributed by atoms with Crippen LogP contribution in [0.25, 0.3) is 16.9 Å². The molecule has 90 valence electrons. The highest BCUT2D eigenvalue weighted by Gasteiger charge is 2.11. The van der Waals surface area contributed by atoms with Crippen LogP contribution >= 0.6 is 0 Å². The molecule has 0 amide bonds. The lowest BCUT2D eigenvalue weighted by atomic mass is 10.1. The maximum Gasteiger partial charge on any atom is 0.0872 e. The average molecular weight is 236 g/mol. The van der Waals surface area contributed by atoms with Gasteiger partial charge in [-0.15, -0.1) is 0 Å². The number of hydrogen-bond donors (Lipinski definition) is 0. The van der Waals surface area contributed by atoms with Gasteiger partial charge in [0.05, 0.1) is 11.4 Å². The summed E-state index contributed by atoms with van der Waals surface area (Å²) in [6, 6.07) is 14.6. The number of fused-ring (bicyclic) bond motifs is 1. The molecular formula is C16H16N2. The summed E-state index contributed by atoms with van der Waals surface area (Å²) in [4.78, 5) is 4.49. The van der Waals surface area contributed by atoms with Crippen LogP contribution < -0.4 is 0 Å². The van der Waals surface area contributed by atoms with Gasteiger partial charge < -0.3 is 4.40 Å². The maximum atomic E-state index is 4.49. The molecule has 3 rings (SSSR count). The van der Waals surface area contributed by atoms with Gasteiger partial charge in [-0.05, 0) is 42.3 Å². The predicted molar refractivity (Wildman–Crippen MR) is 74.6 cm³/mol. The largest absolute Gasteiger partial charge is 0.315 e. The van der Waals surface area contributed by atoms with Gasteiger partial charge >= 0.3 is 0 Å². The van der Waals surface area contributed by atoms with Gasteiger partial charge in [0.2, 0.25) is 0 Å². The predicted octanol–water partition coefficient (Wildman–Crippen LogP) is 3.95. The lowest BCUT2D eigenvalue weighted by molar-refractivity contribution is 0.921. The summed E-state index contributed by atoms with van der Waals surface area (Å²) in [6.45, 7) is 2.21. The third-order valence-electron chi connectivity index (χ3n) is 3.19. The Kier molecular flexibility index (Phi) is 2.85. The van der Waals surface area contributed by atoms with E-state index in [4.69, 9.17) is 0 Å². The molecule has 0 aliphatic rings. The van der Waals surface area contributed by atoms with Crippen molar-refractivity contribution in [2.45, 2.75) is 19.8 Å². The minimum Gasteiger partial charge on any atom is -0.315 e. The van der Waals surface area contributed by atoms with E-state index in [2.05, 4.69) is 52.8 Å². The fourth-order valence-electron chi connectivity index (χ4n) is 2.43. The maximum absolute atomic E-state index is 4.49. The van der Waals surface area contributed by atoms with E-state index in [0.717, 1.165) is 18.5 Å². The van der Waals surface area contributed by atoms with Crippen LogP contribution in [0.4, 0.5) is 0 Å². The monoisotopic (exact) mass is 236 g/mol. The molecule has 0 N–H and O–H groups in total. The summed E-state index contributed by atoms with van der Waals surface area (Å²) in [5.41, 5.74) is 4.89. The molecule has 0 unspecified atom stereocenters. The van der Waals surface area contributed by atoms with Crippen LogP contribution in [0.2, 0.25) is 0 Å². The summed E-state index contributed by atoms with van der Waals surface area (Å²) >= 11 is 0. The molecule has 0 saturated heterocycles. The average Bonchev–Trinajstić information content (AvgIpc) is 2.78. The van der Waals surface area contributed by atoms with Crippen molar-refractivity contribution in [2.75, 3.05) is 0 Å². The number of aromatic nitrogens is 2. The van der Waals surface area contributed by atoms with Crippen LogP contribution in [-0.2, 0) is 6.42 Å². The topological polar surface area (TPSA) is 17.3 Å².